The Kier molecular flexibility index (Phi) is 3.69. The summed E-state index contributed by atoms with van der Waals surface area (Å²) in [5.74, 6) is -0.264. The van der Waals surface area contributed by atoms with E-state index in [-0.39, 0.29) is 17.1 Å². The monoisotopic (exact) mass is 310 g/mol. The molecule has 3 rings (SSSR count). The van der Waals surface area contributed by atoms with Gasteiger partial charge in [0, 0.05) is 11.3 Å². The van der Waals surface area contributed by atoms with Crippen molar-refractivity contribution in [3.8, 4) is 11.4 Å². The minimum atomic E-state index is -1.37. The van der Waals surface area contributed by atoms with Crippen LogP contribution in [-0.4, -0.2) is 50.2 Å². The number of aromatic nitrogens is 2. The summed E-state index contributed by atoms with van der Waals surface area (Å²) in [6.07, 6.45) is -4.80. The van der Waals surface area contributed by atoms with Gasteiger partial charge >= 0.3 is 0 Å². The molecule has 0 saturated carbocycles. The van der Waals surface area contributed by atoms with Crippen molar-refractivity contribution in [3.05, 3.63) is 39.6 Å². The van der Waals surface area contributed by atoms with Crippen molar-refractivity contribution in [1.82, 2.24) is 9.97 Å². The van der Waals surface area contributed by atoms with E-state index >= 15 is 0 Å². The molecule has 118 valence electrons. The fourth-order valence-corrected chi connectivity index (χ4v) is 2.58. The van der Waals surface area contributed by atoms with Crippen LogP contribution in [0.3, 0.4) is 0 Å². The number of nitrogens with zero attached hydrogens (tertiary/aromatic N) is 1. The summed E-state index contributed by atoms with van der Waals surface area (Å²) in [5.41, 5.74) is -0.0493. The summed E-state index contributed by atoms with van der Waals surface area (Å²) in [6.45, 7) is 1.02. The number of hydrogen-bond donors (Lipinski definition) is 4. The lowest BCUT2D eigenvalue weighted by atomic mass is 10.0. The maximum atomic E-state index is 13.6. The molecule has 0 amide bonds. The molecule has 4 N–H and O–H groups in total. The zero-order valence-electron chi connectivity index (χ0n) is 11.7. The van der Waals surface area contributed by atoms with Crippen LogP contribution in [0, 0.1) is 12.7 Å². The van der Waals surface area contributed by atoms with Crippen molar-refractivity contribution in [3.63, 3.8) is 0 Å². The smallest absolute Gasteiger partial charge is 0.277 e. The van der Waals surface area contributed by atoms with Crippen LogP contribution < -0.4 is 5.56 Å². The highest BCUT2D eigenvalue weighted by Crippen LogP contribution is 2.33. The average molecular weight is 310 g/mol. The SMILES string of the molecule is Cc1[nH]c2nc(=O)c([C@@H]3O[C@H](CO)C(O)[C@@H]3O)cc-2cc1F. The van der Waals surface area contributed by atoms with Crippen LogP contribution in [0.25, 0.3) is 11.4 Å². The van der Waals surface area contributed by atoms with Crippen molar-refractivity contribution in [1.29, 1.82) is 0 Å². The topological polar surface area (TPSA) is 116 Å². The van der Waals surface area contributed by atoms with Crippen LogP contribution in [0.2, 0.25) is 0 Å². The van der Waals surface area contributed by atoms with E-state index in [0.717, 1.165) is 0 Å². The van der Waals surface area contributed by atoms with Crippen molar-refractivity contribution in [2.45, 2.75) is 31.3 Å². The zero-order chi connectivity index (χ0) is 16.0. The number of halogens is 1. The minimum absolute atomic E-state index is 0.00616. The molecule has 3 aliphatic heterocycles. The van der Waals surface area contributed by atoms with Gasteiger partial charge < -0.3 is 25.0 Å². The summed E-state index contributed by atoms with van der Waals surface area (Å²) >= 11 is 0. The van der Waals surface area contributed by atoms with Gasteiger partial charge in [0.15, 0.2) is 0 Å². The number of aliphatic hydroxyl groups excluding tert-OH is 3. The first-order valence-corrected chi connectivity index (χ1v) is 6.75. The molecular formula is C14H15FN2O5. The van der Waals surface area contributed by atoms with E-state index in [1.54, 1.807) is 0 Å². The lowest BCUT2D eigenvalue weighted by Gasteiger charge is -2.16. The summed E-state index contributed by atoms with van der Waals surface area (Å²) in [7, 11) is 0. The number of H-pyrrole nitrogens is 1. The average Bonchev–Trinajstić information content (AvgIpc) is 2.76. The Morgan fingerprint density at radius 1 is 1.36 bits per heavy atom. The minimum Gasteiger partial charge on any atom is -0.394 e. The third kappa shape index (κ3) is 2.30. The number of hydrogen-bond acceptors (Lipinski definition) is 6. The summed E-state index contributed by atoms with van der Waals surface area (Å²) in [6, 6.07) is 2.59. The predicted molar refractivity (Wildman–Crippen MR) is 72.9 cm³/mol. The first kappa shape index (κ1) is 15.0. The number of rotatable bonds is 2. The molecule has 0 aromatic heterocycles. The number of ether oxygens (including phenoxy) is 1. The van der Waals surface area contributed by atoms with Gasteiger partial charge in [-0.1, -0.05) is 0 Å². The van der Waals surface area contributed by atoms with Gasteiger partial charge in [-0.05, 0) is 19.1 Å². The molecule has 1 fully saturated rings. The van der Waals surface area contributed by atoms with Gasteiger partial charge in [0.05, 0.1) is 12.2 Å². The number of pyridine rings is 2. The summed E-state index contributed by atoms with van der Waals surface area (Å²) < 4.78 is 18.9. The normalized spacial score (nSPS) is 28.4. The Bertz CT molecular complexity index is 734. The fourth-order valence-electron chi connectivity index (χ4n) is 2.58. The van der Waals surface area contributed by atoms with E-state index < -0.39 is 42.4 Å². The molecule has 0 aromatic rings. The molecule has 3 heterocycles. The quantitative estimate of drug-likeness (QED) is 0.593. The third-order valence-corrected chi connectivity index (χ3v) is 3.84. The van der Waals surface area contributed by atoms with Crippen LogP contribution in [0.4, 0.5) is 4.39 Å². The first-order valence-electron chi connectivity index (χ1n) is 6.75. The number of aryl methyl sites for hydroxylation is 1. The van der Waals surface area contributed by atoms with Crippen LogP contribution in [-0.2, 0) is 4.74 Å². The molecule has 7 nitrogen and oxygen atoms in total. The van der Waals surface area contributed by atoms with Gasteiger partial charge in [0.1, 0.15) is 36.1 Å². The van der Waals surface area contributed by atoms with Crippen molar-refractivity contribution in [2.75, 3.05) is 6.61 Å². The predicted octanol–water partition coefficient (Wildman–Crippen LogP) is -0.524. The maximum absolute atomic E-state index is 13.6. The first-order chi connectivity index (χ1) is 10.4. The highest BCUT2D eigenvalue weighted by molar-refractivity contribution is 5.58. The van der Waals surface area contributed by atoms with Crippen molar-refractivity contribution in [2.24, 2.45) is 0 Å². The van der Waals surface area contributed by atoms with E-state index in [1.165, 1.54) is 19.1 Å². The van der Waals surface area contributed by atoms with Crippen LogP contribution in [0.15, 0.2) is 16.9 Å². The Labute approximate surface area is 124 Å². The van der Waals surface area contributed by atoms with Crippen molar-refractivity contribution < 1.29 is 24.4 Å². The molecule has 3 aliphatic rings. The van der Waals surface area contributed by atoms with Crippen LogP contribution >= 0.6 is 0 Å². The number of fused-ring (bicyclic) bond motifs is 1. The molecule has 0 bridgehead atoms. The molecule has 8 heteroatoms. The Hall–Kier alpha value is -1.87. The summed E-state index contributed by atoms with van der Waals surface area (Å²) in [4.78, 5) is 18.6. The second-order valence-corrected chi connectivity index (χ2v) is 5.32. The number of nitrogens with one attached hydrogen (secondary N) is 1. The molecule has 0 spiro atoms. The van der Waals surface area contributed by atoms with Crippen LogP contribution in [0.5, 0.6) is 0 Å². The maximum Gasteiger partial charge on any atom is 0.277 e. The lowest BCUT2D eigenvalue weighted by molar-refractivity contribution is -0.0231. The molecular weight excluding hydrogens is 295 g/mol. The van der Waals surface area contributed by atoms with Gasteiger partial charge in [-0.2, -0.15) is 4.98 Å². The standard InChI is InChI=1S/C14H15FN2O5/c1-5-8(15)3-6-2-7(14(21)17-13(6)16-5)12-11(20)10(19)9(4-18)22-12/h2-3,9-12,18-20H,4H2,1H3,(H,16,17,21)/t9-,10?,11+,12+/m1/s1. The second-order valence-electron chi connectivity index (χ2n) is 5.32. The highest BCUT2D eigenvalue weighted by atomic mass is 19.1. The van der Waals surface area contributed by atoms with Gasteiger partial charge in [0.25, 0.3) is 5.56 Å². The third-order valence-electron chi connectivity index (χ3n) is 3.84. The fraction of sp³-hybridized carbons (Fsp3) is 0.429. The van der Waals surface area contributed by atoms with Gasteiger partial charge in [0.2, 0.25) is 0 Å². The van der Waals surface area contributed by atoms with Gasteiger partial charge in [-0.15, -0.1) is 0 Å². The highest BCUT2D eigenvalue weighted by Gasteiger charge is 2.44. The van der Waals surface area contributed by atoms with E-state index in [0.29, 0.717) is 5.56 Å². The van der Waals surface area contributed by atoms with E-state index in [9.17, 15) is 19.4 Å². The van der Waals surface area contributed by atoms with E-state index in [1.807, 2.05) is 0 Å². The van der Waals surface area contributed by atoms with Gasteiger partial charge in [-0.3, -0.25) is 4.79 Å². The Balaban J connectivity index is 2.09. The molecule has 4 atom stereocenters. The molecule has 22 heavy (non-hydrogen) atoms. The number of aromatic amines is 1. The van der Waals surface area contributed by atoms with E-state index in [4.69, 9.17) is 9.84 Å². The molecule has 1 unspecified atom stereocenters. The van der Waals surface area contributed by atoms with E-state index in [2.05, 4.69) is 9.97 Å². The lowest BCUT2D eigenvalue weighted by Crippen LogP contribution is -2.33. The number of aliphatic hydroxyl groups is 3. The Morgan fingerprint density at radius 2 is 2.09 bits per heavy atom. The second kappa shape index (κ2) is 5.40. The molecule has 1 saturated heterocycles. The largest absolute Gasteiger partial charge is 0.394 e. The molecule has 0 aliphatic carbocycles. The molecule has 0 radical (unpaired) electrons. The molecule has 0 aromatic carbocycles. The Morgan fingerprint density at radius 3 is 2.73 bits per heavy atom. The van der Waals surface area contributed by atoms with Crippen molar-refractivity contribution >= 4 is 0 Å². The summed E-state index contributed by atoms with van der Waals surface area (Å²) in [5, 5.41) is 28.8. The van der Waals surface area contributed by atoms with Crippen LogP contribution in [0.1, 0.15) is 17.4 Å². The van der Waals surface area contributed by atoms with Gasteiger partial charge in [-0.25, -0.2) is 4.39 Å². The zero-order valence-corrected chi connectivity index (χ0v) is 11.7.